The van der Waals surface area contributed by atoms with Crippen molar-refractivity contribution >= 4 is 39.1 Å². The molecule has 0 aromatic heterocycles. The summed E-state index contributed by atoms with van der Waals surface area (Å²) in [6, 6.07) is 13.2. The SMILES string of the molecule is CCNC(=O)C(C)N(Cc1cccc(Cl)c1)C(=O)CCCN(c1ccccc1OC)S(C)(=O)=O. The molecular weight excluding hydrogens is 478 g/mol. The molecule has 1 unspecified atom stereocenters. The fourth-order valence-corrected chi connectivity index (χ4v) is 4.74. The van der Waals surface area contributed by atoms with E-state index >= 15 is 0 Å². The van der Waals surface area contributed by atoms with E-state index in [1.165, 1.54) is 16.3 Å². The number of ether oxygens (including phenoxy) is 1. The van der Waals surface area contributed by atoms with E-state index in [9.17, 15) is 18.0 Å². The summed E-state index contributed by atoms with van der Waals surface area (Å²) in [4.78, 5) is 27.2. The van der Waals surface area contributed by atoms with Crippen LogP contribution in [0.4, 0.5) is 5.69 Å². The Morgan fingerprint density at radius 1 is 1.15 bits per heavy atom. The number of anilines is 1. The molecule has 186 valence electrons. The number of nitrogens with zero attached hydrogens (tertiary/aromatic N) is 2. The lowest BCUT2D eigenvalue weighted by molar-refractivity contribution is -0.140. The second kappa shape index (κ2) is 12.6. The topological polar surface area (TPSA) is 96.0 Å². The molecule has 10 heteroatoms. The van der Waals surface area contributed by atoms with Gasteiger partial charge in [-0.3, -0.25) is 13.9 Å². The monoisotopic (exact) mass is 509 g/mol. The normalized spacial score (nSPS) is 12.0. The molecule has 1 N–H and O–H groups in total. The minimum atomic E-state index is -3.61. The highest BCUT2D eigenvalue weighted by atomic mass is 35.5. The molecule has 0 fully saturated rings. The number of methoxy groups -OCH3 is 1. The number of carbonyl (C=O) groups is 2. The van der Waals surface area contributed by atoms with E-state index < -0.39 is 16.1 Å². The highest BCUT2D eigenvalue weighted by molar-refractivity contribution is 7.92. The van der Waals surface area contributed by atoms with Crippen molar-refractivity contribution in [1.82, 2.24) is 10.2 Å². The van der Waals surface area contributed by atoms with Gasteiger partial charge in [-0.15, -0.1) is 0 Å². The van der Waals surface area contributed by atoms with Crippen molar-refractivity contribution in [2.75, 3.05) is 30.8 Å². The number of carbonyl (C=O) groups excluding carboxylic acids is 2. The van der Waals surface area contributed by atoms with E-state index in [2.05, 4.69) is 5.32 Å². The number of hydrogen-bond donors (Lipinski definition) is 1. The van der Waals surface area contributed by atoms with E-state index in [4.69, 9.17) is 16.3 Å². The van der Waals surface area contributed by atoms with Crippen LogP contribution in [0.2, 0.25) is 5.02 Å². The molecule has 0 aliphatic rings. The van der Waals surface area contributed by atoms with Crippen LogP contribution in [0.3, 0.4) is 0 Å². The van der Waals surface area contributed by atoms with Crippen molar-refractivity contribution in [2.45, 2.75) is 39.3 Å². The molecule has 0 bridgehead atoms. The van der Waals surface area contributed by atoms with Crippen LogP contribution >= 0.6 is 11.6 Å². The maximum absolute atomic E-state index is 13.2. The van der Waals surface area contributed by atoms with Gasteiger partial charge in [0.1, 0.15) is 11.8 Å². The molecule has 0 spiro atoms. The number of sulfonamides is 1. The molecule has 2 aromatic rings. The third-order valence-corrected chi connectivity index (χ3v) is 6.68. The van der Waals surface area contributed by atoms with Crippen LogP contribution in [-0.4, -0.2) is 57.6 Å². The number of hydrogen-bond acceptors (Lipinski definition) is 5. The maximum atomic E-state index is 13.2. The molecule has 0 heterocycles. The van der Waals surface area contributed by atoms with Crippen molar-refractivity contribution in [1.29, 1.82) is 0 Å². The van der Waals surface area contributed by atoms with Gasteiger partial charge < -0.3 is 15.0 Å². The molecule has 0 aliphatic heterocycles. The molecule has 1 atom stereocenters. The summed E-state index contributed by atoms with van der Waals surface area (Å²) in [7, 11) is -2.14. The number of halogens is 1. The molecule has 8 nitrogen and oxygen atoms in total. The largest absolute Gasteiger partial charge is 0.495 e. The lowest BCUT2D eigenvalue weighted by atomic mass is 10.1. The first-order valence-corrected chi connectivity index (χ1v) is 13.2. The Bertz CT molecular complexity index is 1090. The summed E-state index contributed by atoms with van der Waals surface area (Å²) >= 11 is 6.09. The first-order chi connectivity index (χ1) is 16.1. The first kappa shape index (κ1) is 27.5. The van der Waals surface area contributed by atoms with Gasteiger partial charge >= 0.3 is 0 Å². The Labute approximate surface area is 206 Å². The quantitative estimate of drug-likeness (QED) is 0.472. The fourth-order valence-electron chi connectivity index (χ4n) is 3.55. The van der Waals surface area contributed by atoms with Crippen LogP contribution < -0.4 is 14.4 Å². The molecule has 2 aromatic carbocycles. The molecule has 2 rings (SSSR count). The van der Waals surface area contributed by atoms with E-state index in [1.807, 2.05) is 13.0 Å². The molecular formula is C24H32ClN3O5S. The third kappa shape index (κ3) is 7.63. The summed E-state index contributed by atoms with van der Waals surface area (Å²) in [6.45, 7) is 4.23. The average molecular weight is 510 g/mol. The van der Waals surface area contributed by atoms with Crippen LogP contribution in [0, 0.1) is 0 Å². The van der Waals surface area contributed by atoms with Gasteiger partial charge in [-0.05, 0) is 50.1 Å². The summed E-state index contributed by atoms with van der Waals surface area (Å²) in [6.07, 6.45) is 1.44. The molecule has 0 radical (unpaired) electrons. The van der Waals surface area contributed by atoms with Crippen molar-refractivity contribution in [3.8, 4) is 5.75 Å². The Morgan fingerprint density at radius 3 is 2.47 bits per heavy atom. The number of nitrogens with one attached hydrogen (secondary N) is 1. The average Bonchev–Trinajstić information content (AvgIpc) is 2.79. The smallest absolute Gasteiger partial charge is 0.242 e. The highest BCUT2D eigenvalue weighted by Crippen LogP contribution is 2.29. The van der Waals surface area contributed by atoms with Crippen LogP contribution in [0.15, 0.2) is 48.5 Å². The summed E-state index contributed by atoms with van der Waals surface area (Å²) in [5.74, 6) is -0.0939. The number of amides is 2. The van der Waals surface area contributed by atoms with Gasteiger partial charge in [-0.25, -0.2) is 8.42 Å². The van der Waals surface area contributed by atoms with Gasteiger partial charge in [0, 0.05) is 31.1 Å². The van der Waals surface area contributed by atoms with Gasteiger partial charge in [0.2, 0.25) is 21.8 Å². The van der Waals surface area contributed by atoms with E-state index in [0.717, 1.165) is 11.8 Å². The van der Waals surface area contributed by atoms with Gasteiger partial charge in [0.05, 0.1) is 19.1 Å². The van der Waals surface area contributed by atoms with Crippen molar-refractivity contribution in [2.24, 2.45) is 0 Å². The zero-order chi connectivity index (χ0) is 25.3. The van der Waals surface area contributed by atoms with Crippen LogP contribution in [0.1, 0.15) is 32.3 Å². The molecule has 0 saturated heterocycles. The number of rotatable bonds is 12. The first-order valence-electron chi connectivity index (χ1n) is 11.0. The predicted octanol–water partition coefficient (Wildman–Crippen LogP) is 3.45. The van der Waals surface area contributed by atoms with Gasteiger partial charge in [0.25, 0.3) is 0 Å². The molecule has 2 amide bonds. The lowest BCUT2D eigenvalue weighted by Gasteiger charge is -2.29. The highest BCUT2D eigenvalue weighted by Gasteiger charge is 2.27. The zero-order valence-electron chi connectivity index (χ0n) is 20.0. The summed E-state index contributed by atoms with van der Waals surface area (Å²) in [5.41, 5.74) is 1.20. The Morgan fingerprint density at radius 2 is 1.85 bits per heavy atom. The van der Waals surface area contributed by atoms with Crippen LogP contribution in [0.25, 0.3) is 0 Å². The second-order valence-corrected chi connectivity index (χ2v) is 10.2. The van der Waals surface area contributed by atoms with Crippen LogP contribution in [0.5, 0.6) is 5.75 Å². The Hall–Kier alpha value is -2.78. The summed E-state index contributed by atoms with van der Waals surface area (Å²) < 4.78 is 31.5. The fraction of sp³-hybridized carbons (Fsp3) is 0.417. The zero-order valence-corrected chi connectivity index (χ0v) is 21.5. The molecule has 0 saturated carbocycles. The lowest BCUT2D eigenvalue weighted by Crippen LogP contribution is -2.47. The Kier molecular flexibility index (Phi) is 10.2. The van der Waals surface area contributed by atoms with Gasteiger partial charge in [-0.2, -0.15) is 0 Å². The van der Waals surface area contributed by atoms with Gasteiger partial charge in [-0.1, -0.05) is 35.9 Å². The van der Waals surface area contributed by atoms with Crippen LogP contribution in [-0.2, 0) is 26.2 Å². The predicted molar refractivity (Wildman–Crippen MR) is 135 cm³/mol. The van der Waals surface area contributed by atoms with E-state index in [0.29, 0.717) is 23.0 Å². The molecule has 34 heavy (non-hydrogen) atoms. The van der Waals surface area contributed by atoms with Gasteiger partial charge in [0.15, 0.2) is 0 Å². The number of benzene rings is 2. The van der Waals surface area contributed by atoms with Crippen molar-refractivity contribution < 1.29 is 22.7 Å². The molecule has 0 aliphatic carbocycles. The van der Waals surface area contributed by atoms with E-state index in [-0.39, 0.29) is 37.7 Å². The minimum Gasteiger partial charge on any atom is -0.495 e. The second-order valence-electron chi connectivity index (χ2n) is 7.83. The summed E-state index contributed by atoms with van der Waals surface area (Å²) in [5, 5.41) is 3.28. The number of likely N-dealkylation sites (N-methyl/N-ethyl adjacent to an activating group) is 1. The minimum absolute atomic E-state index is 0.0610. The van der Waals surface area contributed by atoms with Crippen molar-refractivity contribution in [3.63, 3.8) is 0 Å². The van der Waals surface area contributed by atoms with E-state index in [1.54, 1.807) is 49.4 Å². The maximum Gasteiger partial charge on any atom is 0.242 e. The van der Waals surface area contributed by atoms with Crippen molar-refractivity contribution in [3.05, 3.63) is 59.1 Å². The third-order valence-electron chi connectivity index (χ3n) is 5.27. The Balaban J connectivity index is 2.18. The number of para-hydroxylation sites is 2. The standard InChI is InChI=1S/C24H32ClN3O5S/c1-5-26-24(30)18(2)27(17-19-10-8-11-20(25)16-19)23(29)14-9-15-28(34(4,31)32)21-12-6-7-13-22(21)33-3/h6-8,10-13,16,18H,5,9,14-15,17H2,1-4H3,(H,26,30).